The van der Waals surface area contributed by atoms with Gasteiger partial charge >= 0.3 is 0 Å². The molecule has 1 amide bonds. The average molecular weight is 387 g/mol. The van der Waals surface area contributed by atoms with E-state index in [1.165, 1.54) is 28.0 Å². The number of nitrogens with zero attached hydrogens (tertiary/aromatic N) is 2. The first-order chi connectivity index (χ1) is 13.2. The molecule has 0 atom stereocenters. The van der Waals surface area contributed by atoms with E-state index < -0.39 is 0 Å². The van der Waals surface area contributed by atoms with Crippen LogP contribution in [0.1, 0.15) is 5.56 Å². The van der Waals surface area contributed by atoms with Crippen molar-refractivity contribution in [2.45, 2.75) is 0 Å². The summed E-state index contributed by atoms with van der Waals surface area (Å²) in [5.74, 6) is -0.197. The predicted molar refractivity (Wildman–Crippen MR) is 114 cm³/mol. The highest BCUT2D eigenvalue weighted by Crippen LogP contribution is 2.38. The fourth-order valence-corrected chi connectivity index (χ4v) is 4.85. The minimum absolute atomic E-state index is 0.186. The zero-order valence-electron chi connectivity index (χ0n) is 14.0. The molecule has 1 saturated heterocycles. The molecule has 4 aromatic rings. The molecule has 130 valence electrons. The third kappa shape index (κ3) is 2.65. The van der Waals surface area contributed by atoms with E-state index in [1.54, 1.807) is 11.6 Å². The molecule has 1 fully saturated rings. The summed E-state index contributed by atoms with van der Waals surface area (Å²) >= 11 is 2.53. The van der Waals surface area contributed by atoms with Crippen LogP contribution in [-0.2, 0) is 4.79 Å². The normalized spacial score (nSPS) is 16.1. The summed E-state index contributed by atoms with van der Waals surface area (Å²) in [6.45, 7) is 0. The molecule has 1 aromatic heterocycles. The molecule has 2 heterocycles. The Kier molecular flexibility index (Phi) is 3.81. The largest absolute Gasteiger partial charge is 0.278 e. The first-order valence-corrected chi connectivity index (χ1v) is 10.0. The number of fused-ring (bicyclic) bond motifs is 2. The summed E-state index contributed by atoms with van der Waals surface area (Å²) in [6, 6.07) is 18.5. The van der Waals surface area contributed by atoms with Crippen LogP contribution in [-0.4, -0.2) is 16.1 Å². The van der Waals surface area contributed by atoms with Crippen molar-refractivity contribution in [3.63, 3.8) is 0 Å². The van der Waals surface area contributed by atoms with E-state index >= 15 is 0 Å². The molecular formula is C21H13N3OS2. The van der Waals surface area contributed by atoms with Crippen molar-refractivity contribution in [2.75, 3.05) is 4.90 Å². The molecule has 3 aromatic carbocycles. The minimum Gasteiger partial charge on any atom is -0.278 e. The SMILES string of the molecule is N=C1S/C(=C\c2c3ccccc3cc3ccccc23)C(=O)N1c1nccs1. The number of hydrogen-bond donors (Lipinski definition) is 1. The van der Waals surface area contributed by atoms with Crippen LogP contribution in [0.3, 0.4) is 0 Å². The Balaban J connectivity index is 1.72. The summed E-state index contributed by atoms with van der Waals surface area (Å²) < 4.78 is 0. The highest BCUT2D eigenvalue weighted by molar-refractivity contribution is 8.19. The lowest BCUT2D eigenvalue weighted by Gasteiger charge is -2.10. The maximum atomic E-state index is 13.0. The van der Waals surface area contributed by atoms with E-state index in [1.807, 2.05) is 30.3 Å². The van der Waals surface area contributed by atoms with Gasteiger partial charge in [0.1, 0.15) is 0 Å². The third-order valence-corrected chi connectivity index (χ3v) is 6.17. The van der Waals surface area contributed by atoms with Crippen LogP contribution in [0.2, 0.25) is 0 Å². The smallest absolute Gasteiger partial charge is 0.273 e. The molecule has 0 saturated carbocycles. The Morgan fingerprint density at radius 3 is 2.30 bits per heavy atom. The van der Waals surface area contributed by atoms with Gasteiger partial charge in [0.25, 0.3) is 5.91 Å². The van der Waals surface area contributed by atoms with Crippen molar-refractivity contribution < 1.29 is 4.79 Å². The van der Waals surface area contributed by atoms with Gasteiger partial charge in [-0.15, -0.1) is 11.3 Å². The number of thioether (sulfide) groups is 1. The number of benzene rings is 3. The molecule has 1 aliphatic rings. The van der Waals surface area contributed by atoms with Crippen LogP contribution in [0.4, 0.5) is 5.13 Å². The number of amides is 1. The fraction of sp³-hybridized carbons (Fsp3) is 0. The number of rotatable bonds is 2. The first kappa shape index (κ1) is 16.2. The van der Waals surface area contributed by atoms with E-state index in [4.69, 9.17) is 5.41 Å². The molecule has 0 spiro atoms. The monoisotopic (exact) mass is 387 g/mol. The second-order valence-corrected chi connectivity index (χ2v) is 8.01. The maximum Gasteiger partial charge on any atom is 0.273 e. The summed E-state index contributed by atoms with van der Waals surface area (Å²) in [7, 11) is 0. The van der Waals surface area contributed by atoms with Gasteiger partial charge in [-0.2, -0.15) is 0 Å². The van der Waals surface area contributed by atoms with E-state index in [2.05, 4.69) is 35.3 Å². The number of hydrogen-bond acceptors (Lipinski definition) is 5. The quantitative estimate of drug-likeness (QED) is 0.365. The van der Waals surface area contributed by atoms with Crippen LogP contribution in [0.5, 0.6) is 0 Å². The molecule has 0 unspecified atom stereocenters. The number of amidine groups is 1. The summed E-state index contributed by atoms with van der Waals surface area (Å²) in [5.41, 5.74) is 1.01. The third-order valence-electron chi connectivity index (χ3n) is 4.52. The van der Waals surface area contributed by atoms with E-state index in [0.717, 1.165) is 27.1 Å². The number of carbonyl (C=O) groups is 1. The molecule has 0 radical (unpaired) electrons. The second kappa shape index (κ2) is 6.33. The molecule has 4 nitrogen and oxygen atoms in total. The highest BCUT2D eigenvalue weighted by atomic mass is 32.2. The fourth-order valence-electron chi connectivity index (χ4n) is 3.32. The van der Waals surface area contributed by atoms with Crippen LogP contribution >= 0.6 is 23.1 Å². The summed E-state index contributed by atoms with van der Waals surface area (Å²) in [4.78, 5) is 19.0. The van der Waals surface area contributed by atoms with Gasteiger partial charge in [-0.05, 0) is 51.0 Å². The molecular weight excluding hydrogens is 374 g/mol. The van der Waals surface area contributed by atoms with Gasteiger partial charge in [0, 0.05) is 11.6 Å². The summed E-state index contributed by atoms with van der Waals surface area (Å²) in [6.07, 6.45) is 3.56. The lowest BCUT2D eigenvalue weighted by atomic mass is 9.96. The maximum absolute atomic E-state index is 13.0. The number of aromatic nitrogens is 1. The Hall–Kier alpha value is -2.96. The Morgan fingerprint density at radius 1 is 1.00 bits per heavy atom. The zero-order valence-corrected chi connectivity index (χ0v) is 15.7. The van der Waals surface area contributed by atoms with Crippen molar-refractivity contribution in [3.05, 3.63) is 76.6 Å². The lowest BCUT2D eigenvalue weighted by Crippen LogP contribution is -2.27. The minimum atomic E-state index is -0.197. The first-order valence-electron chi connectivity index (χ1n) is 8.35. The molecule has 6 heteroatoms. The molecule has 5 rings (SSSR count). The van der Waals surface area contributed by atoms with Gasteiger partial charge in [-0.1, -0.05) is 48.5 Å². The summed E-state index contributed by atoms with van der Waals surface area (Å²) in [5, 5.41) is 15.2. The standard InChI is InChI=1S/C21H13N3OS2/c22-20-24(21-23-9-10-26-21)19(25)18(27-20)12-17-15-7-3-1-5-13(15)11-14-6-2-4-8-16(14)17/h1-12,22H/b18-12-,22-20?. The Labute approximate surface area is 163 Å². The van der Waals surface area contributed by atoms with Crippen molar-refractivity contribution >= 4 is 66.9 Å². The van der Waals surface area contributed by atoms with Crippen LogP contribution in [0, 0.1) is 5.41 Å². The van der Waals surface area contributed by atoms with Crippen molar-refractivity contribution in [1.29, 1.82) is 5.41 Å². The van der Waals surface area contributed by atoms with Crippen LogP contribution in [0.15, 0.2) is 71.1 Å². The molecule has 27 heavy (non-hydrogen) atoms. The highest BCUT2D eigenvalue weighted by Gasteiger charge is 2.35. The lowest BCUT2D eigenvalue weighted by molar-refractivity contribution is -0.113. The van der Waals surface area contributed by atoms with Gasteiger partial charge in [0.15, 0.2) is 10.3 Å². The molecule has 0 aliphatic carbocycles. The molecule has 0 bridgehead atoms. The van der Waals surface area contributed by atoms with Crippen LogP contribution < -0.4 is 4.90 Å². The molecule has 1 N–H and O–H groups in total. The van der Waals surface area contributed by atoms with E-state index in [0.29, 0.717) is 10.0 Å². The van der Waals surface area contributed by atoms with Crippen LogP contribution in [0.25, 0.3) is 27.6 Å². The Morgan fingerprint density at radius 2 is 1.67 bits per heavy atom. The average Bonchev–Trinajstić information content (AvgIpc) is 3.29. The van der Waals surface area contributed by atoms with Gasteiger partial charge in [0.2, 0.25) is 0 Å². The number of nitrogens with one attached hydrogen (secondary N) is 1. The van der Waals surface area contributed by atoms with Crippen molar-refractivity contribution in [3.8, 4) is 0 Å². The predicted octanol–water partition coefficient (Wildman–Crippen LogP) is 5.51. The zero-order chi connectivity index (χ0) is 18.4. The van der Waals surface area contributed by atoms with E-state index in [-0.39, 0.29) is 11.1 Å². The number of anilines is 1. The van der Waals surface area contributed by atoms with Crippen molar-refractivity contribution in [2.24, 2.45) is 0 Å². The Bertz CT molecular complexity index is 1190. The second-order valence-electron chi connectivity index (χ2n) is 6.10. The van der Waals surface area contributed by atoms with Gasteiger partial charge in [-0.25, -0.2) is 9.88 Å². The van der Waals surface area contributed by atoms with Gasteiger partial charge in [0.05, 0.1) is 4.91 Å². The molecule has 1 aliphatic heterocycles. The topological polar surface area (TPSA) is 57.1 Å². The van der Waals surface area contributed by atoms with Crippen molar-refractivity contribution in [1.82, 2.24) is 4.98 Å². The van der Waals surface area contributed by atoms with Gasteiger partial charge in [-0.3, -0.25) is 10.2 Å². The van der Waals surface area contributed by atoms with Gasteiger partial charge < -0.3 is 0 Å². The number of thiazole rings is 1. The number of carbonyl (C=O) groups excluding carboxylic acids is 1. The van der Waals surface area contributed by atoms with E-state index in [9.17, 15) is 4.79 Å².